The Morgan fingerprint density at radius 1 is 1.38 bits per heavy atom. The summed E-state index contributed by atoms with van der Waals surface area (Å²) in [6.07, 6.45) is 1.49. The maximum atomic E-state index is 13.9. The lowest BCUT2D eigenvalue weighted by molar-refractivity contribution is -0.142. The highest BCUT2D eigenvalue weighted by Gasteiger charge is 2.69. The highest BCUT2D eigenvalue weighted by molar-refractivity contribution is 5.91. The monoisotopic (exact) mass is 475 g/mol. The van der Waals surface area contributed by atoms with Crippen molar-refractivity contribution in [2.24, 2.45) is 23.2 Å². The molecular formula is C24H30FN3O6. The number of ether oxygens (including phenoxy) is 2. The van der Waals surface area contributed by atoms with Gasteiger partial charge < -0.3 is 29.8 Å². The first-order valence-electron chi connectivity index (χ1n) is 11.5. The Bertz CT molecular complexity index is 999. The van der Waals surface area contributed by atoms with Crippen LogP contribution in [0.25, 0.3) is 0 Å². The van der Waals surface area contributed by atoms with Gasteiger partial charge in [-0.3, -0.25) is 14.4 Å². The molecule has 3 amide bonds. The van der Waals surface area contributed by atoms with Crippen molar-refractivity contribution in [3.63, 3.8) is 0 Å². The van der Waals surface area contributed by atoms with Crippen molar-refractivity contribution in [1.82, 2.24) is 15.5 Å². The number of amides is 3. The van der Waals surface area contributed by atoms with Gasteiger partial charge in [0.2, 0.25) is 11.8 Å². The van der Waals surface area contributed by atoms with Crippen LogP contribution in [0.2, 0.25) is 0 Å². The summed E-state index contributed by atoms with van der Waals surface area (Å²) >= 11 is 0. The van der Waals surface area contributed by atoms with Gasteiger partial charge in [-0.05, 0) is 42.2 Å². The molecule has 1 aromatic rings. The number of aldehydes is 1. The van der Waals surface area contributed by atoms with Crippen LogP contribution in [0.15, 0.2) is 18.2 Å². The summed E-state index contributed by atoms with van der Waals surface area (Å²) in [4.78, 5) is 51.2. The average molecular weight is 476 g/mol. The van der Waals surface area contributed by atoms with E-state index in [1.165, 1.54) is 24.1 Å². The second-order valence-corrected chi connectivity index (χ2v) is 9.79. The van der Waals surface area contributed by atoms with Crippen molar-refractivity contribution in [3.8, 4) is 11.5 Å². The number of halogens is 1. The average Bonchev–Trinajstić information content (AvgIpc) is 3.16. The molecule has 9 nitrogen and oxygen atoms in total. The van der Waals surface area contributed by atoms with Crippen molar-refractivity contribution in [2.75, 3.05) is 26.8 Å². The number of methoxy groups -OCH3 is 1. The van der Waals surface area contributed by atoms with Crippen LogP contribution in [-0.2, 0) is 19.2 Å². The van der Waals surface area contributed by atoms with Crippen molar-refractivity contribution < 1.29 is 33.0 Å². The molecule has 3 aliphatic rings. The van der Waals surface area contributed by atoms with Crippen LogP contribution in [0.5, 0.6) is 11.5 Å². The largest absolute Gasteiger partial charge is 0.494 e. The zero-order valence-electron chi connectivity index (χ0n) is 19.5. The normalized spacial score (nSPS) is 27.4. The summed E-state index contributed by atoms with van der Waals surface area (Å²) in [6, 6.07) is 2.50. The van der Waals surface area contributed by atoms with E-state index >= 15 is 0 Å². The number of carbonyl (C=O) groups is 4. The lowest BCUT2D eigenvalue weighted by Gasteiger charge is -2.31. The number of likely N-dealkylation sites (tertiary alicyclic amines) is 1. The lowest BCUT2D eigenvalue weighted by Crippen LogP contribution is -2.53. The van der Waals surface area contributed by atoms with E-state index in [9.17, 15) is 23.6 Å². The molecule has 2 N–H and O–H groups in total. The van der Waals surface area contributed by atoms with Crippen LogP contribution in [0, 0.1) is 29.0 Å². The van der Waals surface area contributed by atoms with E-state index < -0.39 is 29.7 Å². The zero-order chi connectivity index (χ0) is 24.6. The molecule has 1 aromatic carbocycles. The van der Waals surface area contributed by atoms with Crippen LogP contribution < -0.4 is 20.1 Å². The standard InChI is InChI=1S/C24H30FN3O6/c1-24(2)16-10-28(19(30)12-34-15-4-5-18(33-3)17(25)9-15)21(20(16)24)23(32)27-14(11-29)8-13-6-7-26-22(13)31/h4-5,9,11,13-14,16,20-21H,6-8,10,12H2,1-3H3,(H,26,31)(H,27,32)/t13-,14-,16?,20?,21+/m0/s1. The summed E-state index contributed by atoms with van der Waals surface area (Å²) in [7, 11) is 1.35. The summed E-state index contributed by atoms with van der Waals surface area (Å²) < 4.78 is 24.3. The third-order valence-corrected chi connectivity index (χ3v) is 7.48. The third kappa shape index (κ3) is 4.45. The van der Waals surface area contributed by atoms with E-state index in [0.29, 0.717) is 25.8 Å². The number of hydrogen-bond acceptors (Lipinski definition) is 6. The molecule has 2 unspecified atom stereocenters. The van der Waals surface area contributed by atoms with Gasteiger partial charge in [0.25, 0.3) is 5.91 Å². The highest BCUT2D eigenvalue weighted by atomic mass is 19.1. The Labute approximate surface area is 197 Å². The smallest absolute Gasteiger partial charge is 0.261 e. The molecule has 3 fully saturated rings. The molecule has 10 heteroatoms. The second kappa shape index (κ2) is 9.23. The molecule has 34 heavy (non-hydrogen) atoms. The molecule has 2 heterocycles. The quantitative estimate of drug-likeness (QED) is 0.513. The molecule has 5 atom stereocenters. The summed E-state index contributed by atoms with van der Waals surface area (Å²) in [5, 5.41) is 5.47. The van der Waals surface area contributed by atoms with Crippen molar-refractivity contribution in [3.05, 3.63) is 24.0 Å². The van der Waals surface area contributed by atoms with Crippen LogP contribution in [-0.4, -0.2) is 67.8 Å². The maximum absolute atomic E-state index is 13.9. The van der Waals surface area contributed by atoms with E-state index in [2.05, 4.69) is 24.5 Å². The molecule has 0 radical (unpaired) electrons. The predicted octanol–water partition coefficient (Wildman–Crippen LogP) is 0.906. The van der Waals surface area contributed by atoms with Crippen molar-refractivity contribution in [1.29, 1.82) is 0 Å². The molecule has 2 aliphatic heterocycles. The first-order chi connectivity index (χ1) is 16.2. The van der Waals surface area contributed by atoms with E-state index in [0.717, 1.165) is 6.07 Å². The van der Waals surface area contributed by atoms with Gasteiger partial charge in [-0.25, -0.2) is 4.39 Å². The number of nitrogens with one attached hydrogen (secondary N) is 2. The Morgan fingerprint density at radius 2 is 2.15 bits per heavy atom. The van der Waals surface area contributed by atoms with Crippen LogP contribution in [0.1, 0.15) is 26.7 Å². The van der Waals surface area contributed by atoms with Gasteiger partial charge >= 0.3 is 0 Å². The number of carbonyl (C=O) groups excluding carboxylic acids is 4. The Balaban J connectivity index is 1.41. The van der Waals surface area contributed by atoms with Gasteiger partial charge in [0.05, 0.1) is 13.2 Å². The van der Waals surface area contributed by atoms with E-state index in [1.54, 1.807) is 0 Å². The Kier molecular flexibility index (Phi) is 6.51. The van der Waals surface area contributed by atoms with Crippen LogP contribution in [0.4, 0.5) is 4.39 Å². The van der Waals surface area contributed by atoms with Gasteiger partial charge in [-0.2, -0.15) is 0 Å². The molecule has 1 saturated carbocycles. The predicted molar refractivity (Wildman–Crippen MR) is 118 cm³/mol. The number of piperidine rings is 1. The zero-order valence-corrected chi connectivity index (χ0v) is 19.5. The van der Waals surface area contributed by atoms with Gasteiger partial charge in [0.1, 0.15) is 18.1 Å². The van der Waals surface area contributed by atoms with Gasteiger partial charge in [0.15, 0.2) is 18.2 Å². The highest BCUT2D eigenvalue weighted by Crippen LogP contribution is 2.64. The van der Waals surface area contributed by atoms with Crippen molar-refractivity contribution >= 4 is 24.0 Å². The van der Waals surface area contributed by atoms with E-state index in [-0.39, 0.29) is 53.6 Å². The van der Waals surface area contributed by atoms with Gasteiger partial charge in [-0.1, -0.05) is 13.8 Å². The van der Waals surface area contributed by atoms with Crippen LogP contribution in [0.3, 0.4) is 0 Å². The van der Waals surface area contributed by atoms with E-state index in [1.807, 2.05) is 0 Å². The molecule has 2 saturated heterocycles. The lowest BCUT2D eigenvalue weighted by atomic mass is 9.97. The van der Waals surface area contributed by atoms with Gasteiger partial charge in [0, 0.05) is 25.1 Å². The Morgan fingerprint density at radius 3 is 2.76 bits per heavy atom. The number of fused-ring (bicyclic) bond motifs is 1. The SMILES string of the molecule is COc1ccc(OCC(=O)N2CC3C([C@@H]2C(=O)N[C@H](C=O)C[C@@H]2CCNC2=O)C3(C)C)cc1F. The fourth-order valence-electron chi connectivity index (χ4n) is 5.40. The molecule has 1 aliphatic carbocycles. The first kappa shape index (κ1) is 24.0. The fraction of sp³-hybridized carbons (Fsp3) is 0.583. The molecular weight excluding hydrogens is 445 g/mol. The minimum absolute atomic E-state index is 0.0306. The summed E-state index contributed by atoms with van der Waals surface area (Å²) in [6.45, 7) is 4.73. The topological polar surface area (TPSA) is 114 Å². The molecule has 184 valence electrons. The number of hydrogen-bond donors (Lipinski definition) is 2. The molecule has 4 rings (SSSR count). The van der Waals surface area contributed by atoms with Crippen molar-refractivity contribution in [2.45, 2.75) is 38.8 Å². The second-order valence-electron chi connectivity index (χ2n) is 9.79. The number of nitrogens with zero attached hydrogens (tertiary/aromatic N) is 1. The molecule has 0 bridgehead atoms. The maximum Gasteiger partial charge on any atom is 0.261 e. The number of rotatable bonds is 9. The third-order valence-electron chi connectivity index (χ3n) is 7.48. The number of benzene rings is 1. The van der Waals surface area contributed by atoms with Gasteiger partial charge in [-0.15, -0.1) is 0 Å². The summed E-state index contributed by atoms with van der Waals surface area (Å²) in [5.41, 5.74) is -0.0965. The minimum atomic E-state index is -0.808. The first-order valence-corrected chi connectivity index (χ1v) is 11.5. The molecule has 0 spiro atoms. The van der Waals surface area contributed by atoms with E-state index in [4.69, 9.17) is 9.47 Å². The minimum Gasteiger partial charge on any atom is -0.494 e. The summed E-state index contributed by atoms with van der Waals surface area (Å²) in [5.74, 6) is -1.46. The Hall–Kier alpha value is -3.17. The van der Waals surface area contributed by atoms with Crippen LogP contribution >= 0.6 is 0 Å². The fourth-order valence-corrected chi connectivity index (χ4v) is 5.40. The molecule has 0 aromatic heterocycles.